The molecule has 1 aromatic carbocycles. The van der Waals surface area contributed by atoms with E-state index in [1.807, 2.05) is 0 Å². The molecule has 21 heavy (non-hydrogen) atoms. The summed E-state index contributed by atoms with van der Waals surface area (Å²) in [5, 5.41) is 3.67. The Balaban J connectivity index is 2.22. The molecular formula is C19H31NO. The minimum atomic E-state index is 0.354. The van der Waals surface area contributed by atoms with Crippen molar-refractivity contribution in [1.82, 2.24) is 5.32 Å². The minimum Gasteiger partial charge on any atom is -0.381 e. The van der Waals surface area contributed by atoms with E-state index in [4.69, 9.17) is 4.74 Å². The number of benzene rings is 1. The summed E-state index contributed by atoms with van der Waals surface area (Å²) in [6.45, 7) is 14.1. The van der Waals surface area contributed by atoms with E-state index in [1.165, 1.54) is 36.0 Å². The van der Waals surface area contributed by atoms with Crippen LogP contribution in [0.3, 0.4) is 0 Å². The Morgan fingerprint density at radius 2 is 1.67 bits per heavy atom. The number of nitrogens with one attached hydrogen (secondary N) is 1. The van der Waals surface area contributed by atoms with Crippen LogP contribution in [0.15, 0.2) is 12.1 Å². The maximum Gasteiger partial charge on any atom is 0.0471 e. The molecule has 0 amide bonds. The van der Waals surface area contributed by atoms with Gasteiger partial charge < -0.3 is 10.1 Å². The van der Waals surface area contributed by atoms with Gasteiger partial charge in [0.25, 0.3) is 0 Å². The van der Waals surface area contributed by atoms with Gasteiger partial charge in [0.15, 0.2) is 0 Å². The molecule has 1 N–H and O–H groups in total. The Morgan fingerprint density at radius 1 is 1.10 bits per heavy atom. The molecule has 1 saturated heterocycles. The molecule has 0 aromatic heterocycles. The molecule has 1 heterocycles. The predicted molar refractivity (Wildman–Crippen MR) is 90.0 cm³/mol. The van der Waals surface area contributed by atoms with Gasteiger partial charge in [0.2, 0.25) is 0 Å². The molecule has 2 heteroatoms. The smallest absolute Gasteiger partial charge is 0.0471 e. The molecule has 1 fully saturated rings. The summed E-state index contributed by atoms with van der Waals surface area (Å²) in [4.78, 5) is 0. The van der Waals surface area contributed by atoms with Crippen LogP contribution in [0, 0.1) is 26.2 Å². The molecule has 1 aliphatic rings. The van der Waals surface area contributed by atoms with Crippen molar-refractivity contribution in [3.05, 3.63) is 34.4 Å². The van der Waals surface area contributed by atoms with Crippen LogP contribution < -0.4 is 5.32 Å². The molecule has 0 spiro atoms. The van der Waals surface area contributed by atoms with E-state index in [0.717, 1.165) is 19.8 Å². The van der Waals surface area contributed by atoms with Crippen LogP contribution in [0.5, 0.6) is 0 Å². The van der Waals surface area contributed by atoms with Gasteiger partial charge in [-0.2, -0.15) is 0 Å². The summed E-state index contributed by atoms with van der Waals surface area (Å²) in [5.74, 6) is 0. The molecule has 0 unspecified atom stereocenters. The van der Waals surface area contributed by atoms with E-state index >= 15 is 0 Å². The third-order valence-electron chi connectivity index (χ3n) is 4.83. The van der Waals surface area contributed by atoms with E-state index in [9.17, 15) is 0 Å². The number of rotatable bonds is 5. The summed E-state index contributed by atoms with van der Waals surface area (Å²) in [6, 6.07) is 5.20. The average molecular weight is 289 g/mol. The van der Waals surface area contributed by atoms with Gasteiger partial charge in [0.05, 0.1) is 0 Å². The number of ether oxygens (including phenoxy) is 1. The van der Waals surface area contributed by atoms with Crippen molar-refractivity contribution < 1.29 is 4.74 Å². The van der Waals surface area contributed by atoms with Crippen molar-refractivity contribution in [2.75, 3.05) is 19.8 Å². The van der Waals surface area contributed by atoms with E-state index < -0.39 is 0 Å². The molecule has 2 rings (SSSR count). The summed E-state index contributed by atoms with van der Waals surface area (Å²) in [5.41, 5.74) is 6.17. The van der Waals surface area contributed by atoms with Gasteiger partial charge in [0, 0.05) is 25.8 Å². The highest BCUT2D eigenvalue weighted by atomic mass is 16.5. The highest BCUT2D eigenvalue weighted by molar-refractivity contribution is 5.38. The van der Waals surface area contributed by atoms with Crippen molar-refractivity contribution in [1.29, 1.82) is 0 Å². The van der Waals surface area contributed by atoms with Crippen molar-refractivity contribution in [2.45, 2.75) is 59.9 Å². The normalized spacial score (nSPS) is 18.2. The second-order valence-corrected chi connectivity index (χ2v) is 7.20. The monoisotopic (exact) mass is 289 g/mol. The van der Waals surface area contributed by atoms with Crippen LogP contribution in [-0.2, 0) is 11.2 Å². The first-order valence-corrected chi connectivity index (χ1v) is 8.30. The fourth-order valence-corrected chi connectivity index (χ4v) is 3.50. The van der Waals surface area contributed by atoms with Crippen molar-refractivity contribution in [3.8, 4) is 0 Å². The fraction of sp³-hybridized carbons (Fsp3) is 0.684. The lowest BCUT2D eigenvalue weighted by atomic mass is 9.73. The highest BCUT2D eigenvalue weighted by Gasteiger charge is 2.33. The SMILES string of the molecule is Cc1cc(C)c(CC2(CNC(C)C)CCOCC2)c(C)c1. The zero-order valence-corrected chi connectivity index (χ0v) is 14.4. The standard InChI is InChI=1S/C19H31NO/c1-14(2)20-13-19(6-8-21-9-7-19)12-18-16(4)10-15(3)11-17(18)5/h10-11,14,20H,6-9,12-13H2,1-5H3. The van der Waals surface area contributed by atoms with Gasteiger partial charge in [-0.05, 0) is 62.1 Å². The summed E-state index contributed by atoms with van der Waals surface area (Å²) in [6.07, 6.45) is 3.51. The lowest BCUT2D eigenvalue weighted by molar-refractivity contribution is 0.0139. The van der Waals surface area contributed by atoms with Crippen LogP contribution in [0.25, 0.3) is 0 Å². The van der Waals surface area contributed by atoms with Crippen LogP contribution in [0.2, 0.25) is 0 Å². The summed E-state index contributed by atoms with van der Waals surface area (Å²) < 4.78 is 5.62. The van der Waals surface area contributed by atoms with Crippen LogP contribution in [-0.4, -0.2) is 25.8 Å². The average Bonchev–Trinajstić information content (AvgIpc) is 2.42. The largest absolute Gasteiger partial charge is 0.381 e. The molecule has 2 nitrogen and oxygen atoms in total. The van der Waals surface area contributed by atoms with Gasteiger partial charge in [-0.3, -0.25) is 0 Å². The topological polar surface area (TPSA) is 21.3 Å². The zero-order chi connectivity index (χ0) is 15.5. The van der Waals surface area contributed by atoms with Crippen molar-refractivity contribution in [2.24, 2.45) is 5.41 Å². The summed E-state index contributed by atoms with van der Waals surface area (Å²) in [7, 11) is 0. The van der Waals surface area contributed by atoms with Crippen LogP contribution in [0.1, 0.15) is 48.9 Å². The Morgan fingerprint density at radius 3 is 2.19 bits per heavy atom. The fourth-order valence-electron chi connectivity index (χ4n) is 3.50. The molecule has 118 valence electrons. The molecule has 0 saturated carbocycles. The zero-order valence-electron chi connectivity index (χ0n) is 14.4. The van der Waals surface area contributed by atoms with Crippen LogP contribution in [0.4, 0.5) is 0 Å². The molecule has 1 aliphatic heterocycles. The second-order valence-electron chi connectivity index (χ2n) is 7.20. The number of hydrogen-bond acceptors (Lipinski definition) is 2. The Labute approximate surface area is 130 Å². The Bertz CT molecular complexity index is 449. The lowest BCUT2D eigenvalue weighted by Gasteiger charge is -2.39. The van der Waals surface area contributed by atoms with E-state index in [2.05, 4.69) is 52.1 Å². The predicted octanol–water partition coefficient (Wildman–Crippen LogP) is 3.95. The first kappa shape index (κ1) is 16.5. The van der Waals surface area contributed by atoms with Crippen LogP contribution >= 0.6 is 0 Å². The van der Waals surface area contributed by atoms with Gasteiger partial charge >= 0.3 is 0 Å². The van der Waals surface area contributed by atoms with Gasteiger partial charge in [-0.15, -0.1) is 0 Å². The lowest BCUT2D eigenvalue weighted by Crippen LogP contribution is -2.43. The third-order valence-corrected chi connectivity index (χ3v) is 4.83. The van der Waals surface area contributed by atoms with E-state index in [0.29, 0.717) is 11.5 Å². The van der Waals surface area contributed by atoms with Gasteiger partial charge in [0.1, 0.15) is 0 Å². The van der Waals surface area contributed by atoms with Gasteiger partial charge in [-0.25, -0.2) is 0 Å². The molecule has 0 bridgehead atoms. The third kappa shape index (κ3) is 4.31. The summed E-state index contributed by atoms with van der Waals surface area (Å²) >= 11 is 0. The van der Waals surface area contributed by atoms with E-state index in [-0.39, 0.29) is 0 Å². The maximum absolute atomic E-state index is 5.62. The molecule has 1 aromatic rings. The first-order valence-electron chi connectivity index (χ1n) is 8.30. The molecule has 0 aliphatic carbocycles. The molecular weight excluding hydrogens is 258 g/mol. The Kier molecular flexibility index (Phi) is 5.45. The van der Waals surface area contributed by atoms with Crippen molar-refractivity contribution >= 4 is 0 Å². The van der Waals surface area contributed by atoms with Crippen molar-refractivity contribution in [3.63, 3.8) is 0 Å². The maximum atomic E-state index is 5.62. The number of aryl methyl sites for hydroxylation is 3. The number of hydrogen-bond donors (Lipinski definition) is 1. The molecule has 0 radical (unpaired) electrons. The minimum absolute atomic E-state index is 0.354. The first-order chi connectivity index (χ1) is 9.92. The quantitative estimate of drug-likeness (QED) is 0.886. The van der Waals surface area contributed by atoms with E-state index in [1.54, 1.807) is 5.56 Å². The highest BCUT2D eigenvalue weighted by Crippen LogP contribution is 2.36. The molecule has 0 atom stereocenters. The Hall–Kier alpha value is -0.860. The second kappa shape index (κ2) is 6.93. The van der Waals surface area contributed by atoms with Gasteiger partial charge in [-0.1, -0.05) is 31.5 Å².